The van der Waals surface area contributed by atoms with Crippen LogP contribution in [-0.4, -0.2) is 40.9 Å². The predicted molar refractivity (Wildman–Crippen MR) is 43.9 cm³/mol. The molecule has 1 heterocycles. The average molecular weight is 171 g/mol. The molecule has 4 nitrogen and oxygen atoms in total. The molecule has 0 radical (unpaired) electrons. The maximum Gasteiger partial charge on any atom is 0.407 e. The van der Waals surface area contributed by atoms with Gasteiger partial charge < -0.3 is 15.1 Å². The second-order valence-electron chi connectivity index (χ2n) is 3.03. The molecule has 0 bridgehead atoms. The summed E-state index contributed by atoms with van der Waals surface area (Å²) in [5, 5.41) is 17.5. The van der Waals surface area contributed by atoms with Gasteiger partial charge in [-0.25, -0.2) is 4.79 Å². The zero-order chi connectivity index (χ0) is 9.14. The summed E-state index contributed by atoms with van der Waals surface area (Å²) in [7, 11) is 0. The summed E-state index contributed by atoms with van der Waals surface area (Å²) in [5.74, 6) is 0.139. The van der Waals surface area contributed by atoms with E-state index in [1.807, 2.05) is 6.92 Å². The number of nitrogens with zero attached hydrogens (tertiary/aromatic N) is 1. The Morgan fingerprint density at radius 2 is 2.50 bits per heavy atom. The number of hydrogen-bond donors (Lipinski definition) is 2. The molecule has 0 spiro atoms. The molecular weight excluding hydrogens is 158 g/mol. The quantitative estimate of drug-likeness (QED) is 0.566. The third-order valence-electron chi connectivity index (χ3n) is 2.15. The summed E-state index contributed by atoms with van der Waals surface area (Å²) in [5.41, 5.74) is 0.938. The van der Waals surface area contributed by atoms with Crippen molar-refractivity contribution in [2.45, 2.75) is 6.92 Å². The standard InChI is InChI=1S/C8H13NO3/c1-6-4-9(8(11)12)3-2-7(6)5-10/h2,6,10H,3-5H2,1H3,(H,11,12). The lowest BCUT2D eigenvalue weighted by atomic mass is 9.98. The van der Waals surface area contributed by atoms with Crippen LogP contribution in [-0.2, 0) is 0 Å². The van der Waals surface area contributed by atoms with E-state index in [-0.39, 0.29) is 12.5 Å². The molecule has 1 atom stereocenters. The molecule has 1 aliphatic rings. The molecule has 1 amide bonds. The van der Waals surface area contributed by atoms with Gasteiger partial charge in [-0.3, -0.25) is 0 Å². The Morgan fingerprint density at radius 1 is 1.83 bits per heavy atom. The summed E-state index contributed by atoms with van der Waals surface area (Å²) in [6.07, 6.45) is 0.887. The predicted octanol–water partition coefficient (Wildman–Crippen LogP) is 0.535. The number of carbonyl (C=O) groups is 1. The van der Waals surface area contributed by atoms with Crippen LogP contribution in [0.1, 0.15) is 6.92 Å². The number of aliphatic hydroxyl groups is 1. The first-order chi connectivity index (χ1) is 5.65. The lowest BCUT2D eigenvalue weighted by Crippen LogP contribution is -2.38. The normalized spacial score (nSPS) is 23.7. The molecule has 0 aromatic carbocycles. The van der Waals surface area contributed by atoms with E-state index in [1.165, 1.54) is 4.90 Å². The van der Waals surface area contributed by atoms with Crippen molar-refractivity contribution in [3.8, 4) is 0 Å². The second kappa shape index (κ2) is 3.58. The lowest BCUT2D eigenvalue weighted by Gasteiger charge is -2.28. The van der Waals surface area contributed by atoms with Crippen molar-refractivity contribution < 1.29 is 15.0 Å². The summed E-state index contributed by atoms with van der Waals surface area (Å²) < 4.78 is 0. The zero-order valence-corrected chi connectivity index (χ0v) is 7.03. The van der Waals surface area contributed by atoms with Gasteiger partial charge in [-0.2, -0.15) is 0 Å². The third kappa shape index (κ3) is 1.76. The monoisotopic (exact) mass is 171 g/mol. The maximum atomic E-state index is 10.5. The van der Waals surface area contributed by atoms with Crippen LogP contribution in [0.5, 0.6) is 0 Å². The molecule has 1 unspecified atom stereocenters. The van der Waals surface area contributed by atoms with Crippen molar-refractivity contribution >= 4 is 6.09 Å². The van der Waals surface area contributed by atoms with Gasteiger partial charge in [0.1, 0.15) is 0 Å². The first kappa shape index (κ1) is 9.06. The highest BCUT2D eigenvalue weighted by Gasteiger charge is 2.21. The summed E-state index contributed by atoms with van der Waals surface area (Å²) >= 11 is 0. The van der Waals surface area contributed by atoms with Gasteiger partial charge in [0, 0.05) is 13.1 Å². The molecule has 0 aliphatic carbocycles. The van der Waals surface area contributed by atoms with E-state index in [4.69, 9.17) is 10.2 Å². The van der Waals surface area contributed by atoms with E-state index in [9.17, 15) is 4.79 Å². The first-order valence-electron chi connectivity index (χ1n) is 3.92. The summed E-state index contributed by atoms with van der Waals surface area (Å²) in [6.45, 7) is 2.84. The third-order valence-corrected chi connectivity index (χ3v) is 2.15. The van der Waals surface area contributed by atoms with E-state index in [2.05, 4.69) is 0 Å². The van der Waals surface area contributed by atoms with Crippen LogP contribution in [0.15, 0.2) is 11.6 Å². The number of amides is 1. The van der Waals surface area contributed by atoms with Crippen molar-refractivity contribution in [2.24, 2.45) is 5.92 Å². The van der Waals surface area contributed by atoms with Crippen LogP contribution < -0.4 is 0 Å². The van der Waals surface area contributed by atoms with Gasteiger partial charge in [-0.15, -0.1) is 0 Å². The lowest BCUT2D eigenvalue weighted by molar-refractivity contribution is 0.141. The van der Waals surface area contributed by atoms with Crippen LogP contribution in [0.3, 0.4) is 0 Å². The molecule has 1 aliphatic heterocycles. The highest BCUT2D eigenvalue weighted by molar-refractivity contribution is 5.65. The van der Waals surface area contributed by atoms with Gasteiger partial charge in [0.15, 0.2) is 0 Å². The molecule has 0 saturated heterocycles. The first-order valence-corrected chi connectivity index (χ1v) is 3.92. The SMILES string of the molecule is CC1CN(C(=O)O)CC=C1CO. The number of carboxylic acid groups (broad SMARTS) is 1. The van der Waals surface area contributed by atoms with Crippen LogP contribution in [0.25, 0.3) is 0 Å². The van der Waals surface area contributed by atoms with Crippen LogP contribution >= 0.6 is 0 Å². The Labute approximate surface area is 71.1 Å². The minimum atomic E-state index is -0.893. The van der Waals surface area contributed by atoms with E-state index in [0.717, 1.165) is 5.57 Å². The average Bonchev–Trinajstić information content (AvgIpc) is 2.04. The highest BCUT2D eigenvalue weighted by Crippen LogP contribution is 2.16. The van der Waals surface area contributed by atoms with Gasteiger partial charge in [0.05, 0.1) is 6.61 Å². The van der Waals surface area contributed by atoms with E-state index in [0.29, 0.717) is 13.1 Å². The number of hydrogen-bond acceptors (Lipinski definition) is 2. The largest absolute Gasteiger partial charge is 0.465 e. The topological polar surface area (TPSA) is 60.8 Å². The molecule has 1 rings (SSSR count). The fourth-order valence-corrected chi connectivity index (χ4v) is 1.33. The minimum absolute atomic E-state index is 0.0363. The molecule has 12 heavy (non-hydrogen) atoms. The van der Waals surface area contributed by atoms with E-state index >= 15 is 0 Å². The summed E-state index contributed by atoms with van der Waals surface area (Å²) in [4.78, 5) is 11.9. The smallest absolute Gasteiger partial charge is 0.407 e. The van der Waals surface area contributed by atoms with Crippen molar-refractivity contribution in [1.29, 1.82) is 0 Å². The molecular formula is C8H13NO3. The Bertz CT molecular complexity index is 212. The fraction of sp³-hybridized carbons (Fsp3) is 0.625. The van der Waals surface area contributed by atoms with E-state index in [1.54, 1.807) is 6.08 Å². The van der Waals surface area contributed by atoms with Crippen LogP contribution in [0, 0.1) is 5.92 Å². The van der Waals surface area contributed by atoms with Crippen molar-refractivity contribution in [3.05, 3.63) is 11.6 Å². The molecule has 0 aromatic heterocycles. The molecule has 0 fully saturated rings. The Hall–Kier alpha value is -1.03. The van der Waals surface area contributed by atoms with Crippen molar-refractivity contribution in [1.82, 2.24) is 4.90 Å². The van der Waals surface area contributed by atoms with E-state index < -0.39 is 6.09 Å². The zero-order valence-electron chi connectivity index (χ0n) is 7.03. The van der Waals surface area contributed by atoms with Crippen molar-refractivity contribution in [2.75, 3.05) is 19.7 Å². The fourth-order valence-electron chi connectivity index (χ4n) is 1.33. The molecule has 68 valence electrons. The molecule has 0 saturated carbocycles. The van der Waals surface area contributed by atoms with Gasteiger partial charge in [-0.05, 0) is 11.5 Å². The van der Waals surface area contributed by atoms with Crippen LogP contribution in [0.2, 0.25) is 0 Å². The summed E-state index contributed by atoms with van der Waals surface area (Å²) in [6, 6.07) is 0. The second-order valence-corrected chi connectivity index (χ2v) is 3.03. The Kier molecular flexibility index (Phi) is 2.70. The van der Waals surface area contributed by atoms with Gasteiger partial charge in [0.25, 0.3) is 0 Å². The van der Waals surface area contributed by atoms with Gasteiger partial charge >= 0.3 is 6.09 Å². The number of aliphatic hydroxyl groups excluding tert-OH is 1. The van der Waals surface area contributed by atoms with Gasteiger partial charge in [0.2, 0.25) is 0 Å². The Balaban J connectivity index is 2.63. The maximum absolute atomic E-state index is 10.5. The highest BCUT2D eigenvalue weighted by atomic mass is 16.4. The molecule has 0 aromatic rings. The molecule has 4 heteroatoms. The molecule has 2 N–H and O–H groups in total. The van der Waals surface area contributed by atoms with Crippen molar-refractivity contribution in [3.63, 3.8) is 0 Å². The Morgan fingerprint density at radius 3 is 2.92 bits per heavy atom. The number of rotatable bonds is 1. The van der Waals surface area contributed by atoms with Gasteiger partial charge in [-0.1, -0.05) is 13.0 Å². The minimum Gasteiger partial charge on any atom is -0.465 e. The van der Waals surface area contributed by atoms with Crippen LogP contribution in [0.4, 0.5) is 4.79 Å².